The summed E-state index contributed by atoms with van der Waals surface area (Å²) in [5.74, 6) is 3.22. The van der Waals surface area contributed by atoms with Crippen molar-refractivity contribution in [2.45, 2.75) is 32.7 Å². The summed E-state index contributed by atoms with van der Waals surface area (Å²) >= 11 is 2.10. The quantitative estimate of drug-likeness (QED) is 0.866. The van der Waals surface area contributed by atoms with Gasteiger partial charge in [-0.1, -0.05) is 38.1 Å². The van der Waals surface area contributed by atoms with Crippen molar-refractivity contribution in [3.8, 4) is 0 Å². The second-order valence-electron chi connectivity index (χ2n) is 5.69. The average molecular weight is 292 g/mol. The maximum atomic E-state index is 3.42. The summed E-state index contributed by atoms with van der Waals surface area (Å²) < 4.78 is 0. The minimum Gasteiger partial charge on any atom is -0.316 e. The first-order chi connectivity index (χ1) is 9.79. The van der Waals surface area contributed by atoms with E-state index >= 15 is 0 Å². The first-order valence-corrected chi connectivity index (χ1v) is 9.04. The van der Waals surface area contributed by atoms with Gasteiger partial charge in [0.15, 0.2) is 0 Å². The van der Waals surface area contributed by atoms with E-state index in [1.165, 1.54) is 42.1 Å². The summed E-state index contributed by atoms with van der Waals surface area (Å²) in [5.41, 5.74) is 2.90. The van der Waals surface area contributed by atoms with Gasteiger partial charge < -0.3 is 5.32 Å². The van der Waals surface area contributed by atoms with Gasteiger partial charge in [-0.2, -0.15) is 11.8 Å². The van der Waals surface area contributed by atoms with Crippen LogP contribution in [0.1, 0.15) is 37.3 Å². The van der Waals surface area contributed by atoms with Gasteiger partial charge in [0.05, 0.1) is 0 Å². The molecule has 0 aromatic heterocycles. The Labute approximate surface area is 128 Å². The molecule has 2 rings (SSSR count). The zero-order chi connectivity index (χ0) is 14.2. The maximum Gasteiger partial charge on any atom is 0.0234 e. The van der Waals surface area contributed by atoms with Gasteiger partial charge in [-0.05, 0) is 42.3 Å². The lowest BCUT2D eigenvalue weighted by molar-refractivity contribution is 0.287. The second kappa shape index (κ2) is 8.71. The summed E-state index contributed by atoms with van der Waals surface area (Å²) in [7, 11) is 0. The van der Waals surface area contributed by atoms with Crippen LogP contribution in [0, 0.1) is 0 Å². The highest BCUT2D eigenvalue weighted by Crippen LogP contribution is 2.17. The fourth-order valence-electron chi connectivity index (χ4n) is 2.64. The first kappa shape index (κ1) is 15.9. The number of rotatable bonds is 6. The molecule has 1 aliphatic rings. The molecule has 1 atom stereocenters. The Hall–Kier alpha value is -0.510. The van der Waals surface area contributed by atoms with Crippen LogP contribution in [0.3, 0.4) is 0 Å². The van der Waals surface area contributed by atoms with Crippen molar-refractivity contribution in [1.29, 1.82) is 0 Å². The van der Waals surface area contributed by atoms with Gasteiger partial charge in [0.1, 0.15) is 0 Å². The molecular formula is C17H28N2S. The van der Waals surface area contributed by atoms with E-state index in [0.717, 1.165) is 19.6 Å². The Morgan fingerprint density at radius 3 is 2.75 bits per heavy atom. The molecule has 1 saturated heterocycles. The number of hydrogen-bond donors (Lipinski definition) is 1. The minimum atomic E-state index is 0.596. The Morgan fingerprint density at radius 1 is 1.20 bits per heavy atom. The zero-order valence-electron chi connectivity index (χ0n) is 12.9. The molecule has 20 heavy (non-hydrogen) atoms. The summed E-state index contributed by atoms with van der Waals surface area (Å²) in [6.45, 7) is 10.2. The fraction of sp³-hybridized carbons (Fsp3) is 0.647. The van der Waals surface area contributed by atoms with E-state index in [1.54, 1.807) is 0 Å². The van der Waals surface area contributed by atoms with Crippen molar-refractivity contribution in [2.75, 3.05) is 37.7 Å². The van der Waals surface area contributed by atoms with Gasteiger partial charge in [-0.15, -0.1) is 0 Å². The summed E-state index contributed by atoms with van der Waals surface area (Å²) in [5, 5.41) is 3.42. The Morgan fingerprint density at radius 2 is 2.00 bits per heavy atom. The van der Waals surface area contributed by atoms with Crippen LogP contribution in [-0.2, 0) is 6.54 Å². The average Bonchev–Trinajstić information content (AvgIpc) is 2.74. The molecule has 3 heteroatoms. The Kier molecular flexibility index (Phi) is 6.91. The van der Waals surface area contributed by atoms with Crippen LogP contribution in [0.15, 0.2) is 24.3 Å². The summed E-state index contributed by atoms with van der Waals surface area (Å²) in [6.07, 6.45) is 1.34. The molecule has 1 N–H and O–H groups in total. The Bertz CT molecular complexity index is 369. The van der Waals surface area contributed by atoms with Crippen LogP contribution in [0.2, 0.25) is 0 Å². The van der Waals surface area contributed by atoms with Crippen LogP contribution in [0.4, 0.5) is 0 Å². The van der Waals surface area contributed by atoms with E-state index in [-0.39, 0.29) is 0 Å². The van der Waals surface area contributed by atoms with Crippen molar-refractivity contribution in [2.24, 2.45) is 0 Å². The number of thioether (sulfide) groups is 1. The number of nitrogens with one attached hydrogen (secondary N) is 1. The molecule has 1 unspecified atom stereocenters. The van der Waals surface area contributed by atoms with E-state index in [4.69, 9.17) is 0 Å². The minimum absolute atomic E-state index is 0.596. The van der Waals surface area contributed by atoms with E-state index in [9.17, 15) is 0 Å². The predicted octanol–water partition coefficient (Wildman–Crippen LogP) is 3.34. The highest BCUT2D eigenvalue weighted by atomic mass is 32.2. The topological polar surface area (TPSA) is 15.3 Å². The van der Waals surface area contributed by atoms with Crippen molar-refractivity contribution < 1.29 is 0 Å². The summed E-state index contributed by atoms with van der Waals surface area (Å²) in [4.78, 5) is 2.59. The van der Waals surface area contributed by atoms with Gasteiger partial charge in [0.2, 0.25) is 0 Å². The van der Waals surface area contributed by atoms with Crippen LogP contribution in [0.25, 0.3) is 0 Å². The van der Waals surface area contributed by atoms with Gasteiger partial charge >= 0.3 is 0 Å². The summed E-state index contributed by atoms with van der Waals surface area (Å²) in [6, 6.07) is 9.25. The monoisotopic (exact) mass is 292 g/mol. The van der Waals surface area contributed by atoms with Crippen LogP contribution < -0.4 is 5.32 Å². The molecule has 112 valence electrons. The normalized spacial score (nSPS) is 18.7. The van der Waals surface area contributed by atoms with E-state index < -0.39 is 0 Å². The number of likely N-dealkylation sites (N-methyl/N-ethyl adjacent to an activating group) is 1. The van der Waals surface area contributed by atoms with Gasteiger partial charge in [-0.3, -0.25) is 4.90 Å². The molecule has 0 spiro atoms. The lowest BCUT2D eigenvalue weighted by Gasteiger charge is -2.20. The SMILES string of the molecule is CCNCC(C)c1ccc(CN2CCCSCC2)cc1. The molecule has 0 amide bonds. The largest absolute Gasteiger partial charge is 0.316 e. The lowest BCUT2D eigenvalue weighted by atomic mass is 9.99. The van der Waals surface area contributed by atoms with Gasteiger partial charge in [-0.25, -0.2) is 0 Å². The smallest absolute Gasteiger partial charge is 0.0234 e. The third kappa shape index (κ3) is 5.12. The molecular weight excluding hydrogens is 264 g/mol. The third-order valence-corrected chi connectivity index (χ3v) is 5.02. The maximum absolute atomic E-state index is 3.42. The molecule has 0 bridgehead atoms. The standard InChI is InChI=1S/C17H28N2S/c1-3-18-13-15(2)17-7-5-16(6-8-17)14-19-9-4-11-20-12-10-19/h5-8,15,18H,3-4,9-14H2,1-2H3. The number of benzene rings is 1. The molecule has 1 heterocycles. The molecule has 2 nitrogen and oxygen atoms in total. The van der Waals surface area contributed by atoms with Crippen LogP contribution in [0.5, 0.6) is 0 Å². The van der Waals surface area contributed by atoms with Crippen molar-refractivity contribution in [3.63, 3.8) is 0 Å². The van der Waals surface area contributed by atoms with Crippen LogP contribution >= 0.6 is 11.8 Å². The van der Waals surface area contributed by atoms with Crippen molar-refractivity contribution in [1.82, 2.24) is 10.2 Å². The van der Waals surface area contributed by atoms with Gasteiger partial charge in [0, 0.05) is 25.4 Å². The number of nitrogens with zero attached hydrogens (tertiary/aromatic N) is 1. The van der Waals surface area contributed by atoms with Crippen molar-refractivity contribution >= 4 is 11.8 Å². The predicted molar refractivity (Wildman–Crippen MR) is 90.6 cm³/mol. The molecule has 0 saturated carbocycles. The van der Waals surface area contributed by atoms with Crippen LogP contribution in [-0.4, -0.2) is 42.6 Å². The molecule has 1 aromatic rings. The first-order valence-electron chi connectivity index (χ1n) is 7.89. The molecule has 1 fully saturated rings. The highest BCUT2D eigenvalue weighted by molar-refractivity contribution is 7.99. The van der Waals surface area contributed by atoms with E-state index in [0.29, 0.717) is 5.92 Å². The second-order valence-corrected chi connectivity index (χ2v) is 6.92. The van der Waals surface area contributed by atoms with E-state index in [1.807, 2.05) is 0 Å². The molecule has 0 radical (unpaired) electrons. The molecule has 0 aliphatic carbocycles. The van der Waals surface area contributed by atoms with Gasteiger partial charge in [0.25, 0.3) is 0 Å². The van der Waals surface area contributed by atoms with Crippen molar-refractivity contribution in [3.05, 3.63) is 35.4 Å². The highest BCUT2D eigenvalue weighted by Gasteiger charge is 2.10. The van der Waals surface area contributed by atoms with E-state index in [2.05, 4.69) is 60.1 Å². The number of hydrogen-bond acceptors (Lipinski definition) is 3. The molecule has 1 aromatic carbocycles. The zero-order valence-corrected chi connectivity index (χ0v) is 13.7. The third-order valence-electron chi connectivity index (χ3n) is 3.97. The fourth-order valence-corrected chi connectivity index (χ4v) is 3.57. The Balaban J connectivity index is 1.87. The lowest BCUT2D eigenvalue weighted by Crippen LogP contribution is -2.25. The molecule has 1 aliphatic heterocycles.